The molecule has 0 atom stereocenters. The van der Waals surface area contributed by atoms with Gasteiger partial charge in [0.2, 0.25) is 0 Å². The lowest BCUT2D eigenvalue weighted by atomic mass is 9.98. The summed E-state index contributed by atoms with van der Waals surface area (Å²) in [6.07, 6.45) is 0.804. The molecule has 0 saturated carbocycles. The van der Waals surface area contributed by atoms with Crippen LogP contribution in [0.3, 0.4) is 0 Å². The Kier molecular flexibility index (Phi) is 5.80. The summed E-state index contributed by atoms with van der Waals surface area (Å²) in [5.74, 6) is 0.474. The third kappa shape index (κ3) is 4.69. The number of nitrogens with zero attached hydrogens (tertiary/aromatic N) is 1. The minimum atomic E-state index is -0.219. The molecule has 1 N–H and O–H groups in total. The van der Waals surface area contributed by atoms with Gasteiger partial charge in [0, 0.05) is 24.3 Å². The zero-order valence-electron chi connectivity index (χ0n) is 16.9. The lowest BCUT2D eigenvalue weighted by molar-refractivity contribution is -0.118. The molecule has 0 bridgehead atoms. The minimum absolute atomic E-state index is 0.0298. The van der Waals surface area contributed by atoms with Crippen LogP contribution in [-0.2, 0) is 17.8 Å². The lowest BCUT2D eigenvalue weighted by Gasteiger charge is -2.29. The molecule has 5 heteroatoms. The van der Waals surface area contributed by atoms with Gasteiger partial charge in [-0.15, -0.1) is 0 Å². The number of nitrogens with one attached hydrogen (secondary N) is 1. The first-order chi connectivity index (χ1) is 14.6. The van der Waals surface area contributed by atoms with Gasteiger partial charge in [-0.25, -0.2) is 0 Å². The monoisotopic (exact) mass is 400 g/mol. The Hall–Kier alpha value is -3.60. The van der Waals surface area contributed by atoms with Crippen molar-refractivity contribution in [2.75, 3.05) is 18.5 Å². The van der Waals surface area contributed by atoms with E-state index in [-0.39, 0.29) is 18.4 Å². The molecule has 0 aliphatic carbocycles. The minimum Gasteiger partial charge on any atom is -0.484 e. The van der Waals surface area contributed by atoms with Crippen LogP contribution >= 0.6 is 0 Å². The summed E-state index contributed by atoms with van der Waals surface area (Å²) in [5.41, 5.74) is 4.81. The number of amides is 2. The summed E-state index contributed by atoms with van der Waals surface area (Å²) >= 11 is 0. The van der Waals surface area contributed by atoms with Gasteiger partial charge in [0.15, 0.2) is 6.61 Å². The van der Waals surface area contributed by atoms with Crippen molar-refractivity contribution in [3.8, 4) is 5.75 Å². The van der Waals surface area contributed by atoms with E-state index in [1.807, 2.05) is 84.6 Å². The van der Waals surface area contributed by atoms with Crippen molar-refractivity contribution >= 4 is 17.5 Å². The second-order valence-corrected chi connectivity index (χ2v) is 7.48. The van der Waals surface area contributed by atoms with Crippen LogP contribution in [0.15, 0.2) is 72.8 Å². The molecular weight excluding hydrogens is 376 g/mol. The Morgan fingerprint density at radius 1 is 0.967 bits per heavy atom. The fraction of sp³-hybridized carbons (Fsp3) is 0.200. The third-order valence-electron chi connectivity index (χ3n) is 5.20. The number of rotatable bonds is 5. The molecule has 0 saturated heterocycles. The van der Waals surface area contributed by atoms with Crippen molar-refractivity contribution in [2.24, 2.45) is 0 Å². The average molecular weight is 400 g/mol. The molecule has 30 heavy (non-hydrogen) atoms. The van der Waals surface area contributed by atoms with E-state index in [1.54, 1.807) is 0 Å². The van der Waals surface area contributed by atoms with Gasteiger partial charge in [0.25, 0.3) is 11.8 Å². The highest BCUT2D eigenvalue weighted by Gasteiger charge is 2.22. The highest BCUT2D eigenvalue weighted by molar-refractivity contribution is 5.94. The summed E-state index contributed by atoms with van der Waals surface area (Å²) in [4.78, 5) is 26.9. The first-order valence-corrected chi connectivity index (χ1v) is 10.0. The van der Waals surface area contributed by atoms with E-state index in [1.165, 1.54) is 5.56 Å². The SMILES string of the molecule is Cc1ccc(OCC(=O)Nc2ccc3c(c2)CN(C(=O)c2ccccc2)CC3)cc1. The largest absolute Gasteiger partial charge is 0.484 e. The molecule has 0 radical (unpaired) electrons. The van der Waals surface area contributed by atoms with Crippen molar-refractivity contribution < 1.29 is 14.3 Å². The Morgan fingerprint density at radius 3 is 2.50 bits per heavy atom. The molecule has 1 heterocycles. The molecule has 0 fully saturated rings. The number of anilines is 1. The second-order valence-electron chi connectivity index (χ2n) is 7.48. The molecule has 0 unspecified atom stereocenters. The molecule has 3 aromatic rings. The average Bonchev–Trinajstić information content (AvgIpc) is 2.78. The number of aryl methyl sites for hydroxylation is 1. The molecule has 152 valence electrons. The summed E-state index contributed by atoms with van der Waals surface area (Å²) < 4.78 is 5.54. The summed E-state index contributed by atoms with van der Waals surface area (Å²) in [6, 6.07) is 22.8. The fourth-order valence-electron chi connectivity index (χ4n) is 3.55. The number of hydrogen-bond donors (Lipinski definition) is 1. The standard InChI is InChI=1S/C25H24N2O3/c1-18-7-11-23(12-8-18)30-17-24(28)26-22-10-9-19-13-14-27(16-21(19)15-22)25(29)20-5-3-2-4-6-20/h2-12,15H,13-14,16-17H2,1H3,(H,26,28). The molecule has 3 aromatic carbocycles. The molecule has 1 aliphatic heterocycles. The summed E-state index contributed by atoms with van der Waals surface area (Å²) in [5, 5.41) is 2.88. The molecule has 0 aromatic heterocycles. The maximum Gasteiger partial charge on any atom is 0.262 e. The van der Waals surface area contributed by atoms with Crippen LogP contribution < -0.4 is 10.1 Å². The topological polar surface area (TPSA) is 58.6 Å². The lowest BCUT2D eigenvalue weighted by Crippen LogP contribution is -2.36. The van der Waals surface area contributed by atoms with E-state index in [9.17, 15) is 9.59 Å². The van der Waals surface area contributed by atoms with E-state index >= 15 is 0 Å². The number of carbonyl (C=O) groups excluding carboxylic acids is 2. The highest BCUT2D eigenvalue weighted by atomic mass is 16.5. The fourth-order valence-corrected chi connectivity index (χ4v) is 3.55. The van der Waals surface area contributed by atoms with Gasteiger partial charge in [-0.2, -0.15) is 0 Å². The number of ether oxygens (including phenoxy) is 1. The predicted octanol–water partition coefficient (Wildman–Crippen LogP) is 4.21. The van der Waals surface area contributed by atoms with Crippen LogP contribution in [-0.4, -0.2) is 29.9 Å². The van der Waals surface area contributed by atoms with Gasteiger partial charge < -0.3 is 15.0 Å². The molecule has 4 rings (SSSR count). The molecular formula is C25H24N2O3. The van der Waals surface area contributed by atoms with Crippen LogP contribution in [0, 0.1) is 6.92 Å². The van der Waals surface area contributed by atoms with Gasteiger partial charge in [0.05, 0.1) is 0 Å². The van der Waals surface area contributed by atoms with Crippen LogP contribution in [0.25, 0.3) is 0 Å². The van der Waals surface area contributed by atoms with Crippen molar-refractivity contribution in [1.29, 1.82) is 0 Å². The van der Waals surface area contributed by atoms with Crippen molar-refractivity contribution in [2.45, 2.75) is 19.9 Å². The Labute approximate surface area is 176 Å². The van der Waals surface area contributed by atoms with E-state index in [0.29, 0.717) is 30.1 Å². The predicted molar refractivity (Wildman–Crippen MR) is 117 cm³/mol. The number of carbonyl (C=O) groups is 2. The maximum atomic E-state index is 12.8. The van der Waals surface area contributed by atoms with E-state index in [4.69, 9.17) is 4.74 Å². The van der Waals surface area contributed by atoms with Crippen molar-refractivity contribution in [3.63, 3.8) is 0 Å². The number of hydrogen-bond acceptors (Lipinski definition) is 3. The van der Waals surface area contributed by atoms with Gasteiger partial charge in [-0.3, -0.25) is 9.59 Å². The Morgan fingerprint density at radius 2 is 1.73 bits per heavy atom. The first-order valence-electron chi connectivity index (χ1n) is 10.0. The second kappa shape index (κ2) is 8.82. The molecule has 1 aliphatic rings. The van der Waals surface area contributed by atoms with Crippen LogP contribution in [0.1, 0.15) is 27.0 Å². The van der Waals surface area contributed by atoms with E-state index < -0.39 is 0 Å². The van der Waals surface area contributed by atoms with Crippen molar-refractivity contribution in [3.05, 3.63) is 95.1 Å². The van der Waals surface area contributed by atoms with Crippen molar-refractivity contribution in [1.82, 2.24) is 4.90 Å². The van der Waals surface area contributed by atoms with Crippen LogP contribution in [0.4, 0.5) is 5.69 Å². The van der Waals surface area contributed by atoms with Crippen LogP contribution in [0.5, 0.6) is 5.75 Å². The van der Waals surface area contributed by atoms with Gasteiger partial charge >= 0.3 is 0 Å². The van der Waals surface area contributed by atoms with E-state index in [0.717, 1.165) is 17.5 Å². The Balaban J connectivity index is 1.38. The molecule has 0 spiro atoms. The maximum absolute atomic E-state index is 12.8. The van der Waals surface area contributed by atoms with Gasteiger partial charge in [-0.05, 0) is 60.9 Å². The summed E-state index contributed by atoms with van der Waals surface area (Å²) in [6.45, 7) is 3.17. The van der Waals surface area contributed by atoms with E-state index in [2.05, 4.69) is 5.32 Å². The number of benzene rings is 3. The smallest absolute Gasteiger partial charge is 0.262 e. The zero-order valence-corrected chi connectivity index (χ0v) is 16.9. The number of fused-ring (bicyclic) bond motifs is 1. The van der Waals surface area contributed by atoms with Gasteiger partial charge in [0.1, 0.15) is 5.75 Å². The molecule has 5 nitrogen and oxygen atoms in total. The van der Waals surface area contributed by atoms with Gasteiger partial charge in [-0.1, -0.05) is 42.0 Å². The highest BCUT2D eigenvalue weighted by Crippen LogP contribution is 2.24. The van der Waals surface area contributed by atoms with Crippen LogP contribution in [0.2, 0.25) is 0 Å². The zero-order chi connectivity index (χ0) is 20.9. The first kappa shape index (κ1) is 19.7. The molecule has 2 amide bonds. The third-order valence-corrected chi connectivity index (χ3v) is 5.20. The normalized spacial score (nSPS) is 12.8. The Bertz CT molecular complexity index is 1050. The summed E-state index contributed by atoms with van der Waals surface area (Å²) in [7, 11) is 0. The quantitative estimate of drug-likeness (QED) is 0.698.